The van der Waals surface area contributed by atoms with Crippen molar-refractivity contribution < 1.29 is 0 Å². The van der Waals surface area contributed by atoms with Crippen LogP contribution >= 0.6 is 11.8 Å². The van der Waals surface area contributed by atoms with E-state index in [1.165, 1.54) is 11.1 Å². The third kappa shape index (κ3) is 2.01. The van der Waals surface area contributed by atoms with Crippen molar-refractivity contribution in [1.82, 2.24) is 0 Å². The number of hydrogen-bond acceptors (Lipinski definition) is 3. The average Bonchev–Trinajstić information content (AvgIpc) is 2.09. The molecule has 0 bridgehead atoms. The quantitative estimate of drug-likeness (QED) is 0.426. The second-order valence-corrected chi connectivity index (χ2v) is 3.71. The number of nitrogen functional groups attached to an aromatic ring is 1. The molecule has 0 aliphatic carbocycles. The molecule has 1 aromatic carbocycles. The molecular formula is C9H12N2S. The van der Waals surface area contributed by atoms with Crippen molar-refractivity contribution in [1.29, 1.82) is 5.41 Å². The van der Waals surface area contributed by atoms with Gasteiger partial charge in [0.1, 0.15) is 0 Å². The van der Waals surface area contributed by atoms with Crippen LogP contribution in [0.1, 0.15) is 12.5 Å². The molecular weight excluding hydrogens is 168 g/mol. The van der Waals surface area contributed by atoms with Gasteiger partial charge in [-0.25, -0.2) is 0 Å². The number of benzene rings is 1. The number of anilines is 1. The molecule has 0 fully saturated rings. The number of nitrogens with two attached hydrogens (primary N) is 1. The molecule has 0 aliphatic rings. The molecule has 12 heavy (non-hydrogen) atoms. The maximum Gasteiger partial charge on any atom is 0.0403 e. The lowest BCUT2D eigenvalue weighted by molar-refractivity contribution is 1.41. The van der Waals surface area contributed by atoms with Crippen LogP contribution in [-0.4, -0.2) is 12.0 Å². The zero-order chi connectivity index (χ0) is 8.97. The summed E-state index contributed by atoms with van der Waals surface area (Å²) in [5.41, 5.74) is 7.11. The third-order valence-corrected chi connectivity index (χ3v) is 2.40. The van der Waals surface area contributed by atoms with Gasteiger partial charge in [-0.15, -0.1) is 11.8 Å². The topological polar surface area (TPSA) is 49.9 Å². The molecule has 0 saturated heterocycles. The molecule has 3 heteroatoms. The SMILES string of the molecule is CCSc1ccc(N)c(C=N)c1. The van der Waals surface area contributed by atoms with Crippen molar-refractivity contribution in [3.63, 3.8) is 0 Å². The van der Waals surface area contributed by atoms with Gasteiger partial charge in [-0.2, -0.15) is 0 Å². The maximum atomic E-state index is 7.10. The van der Waals surface area contributed by atoms with Crippen molar-refractivity contribution in [3.05, 3.63) is 23.8 Å². The molecule has 0 spiro atoms. The minimum absolute atomic E-state index is 0.672. The van der Waals surface area contributed by atoms with Gasteiger partial charge in [0.05, 0.1) is 0 Å². The van der Waals surface area contributed by atoms with E-state index in [4.69, 9.17) is 11.1 Å². The Morgan fingerprint density at radius 3 is 2.92 bits per heavy atom. The summed E-state index contributed by atoms with van der Waals surface area (Å²) in [6.07, 6.45) is 1.29. The Balaban J connectivity index is 2.96. The van der Waals surface area contributed by atoms with Crippen molar-refractivity contribution >= 4 is 23.7 Å². The van der Waals surface area contributed by atoms with Gasteiger partial charge in [-0.1, -0.05) is 6.92 Å². The highest BCUT2D eigenvalue weighted by atomic mass is 32.2. The van der Waals surface area contributed by atoms with Crippen molar-refractivity contribution in [3.8, 4) is 0 Å². The molecule has 1 aromatic rings. The fourth-order valence-corrected chi connectivity index (χ4v) is 1.64. The standard InChI is InChI=1S/C9H12N2S/c1-2-12-8-3-4-9(11)7(5-8)6-10/h3-6,10H,2,11H2,1H3. The Labute approximate surface area is 76.7 Å². The van der Waals surface area contributed by atoms with E-state index in [-0.39, 0.29) is 0 Å². The van der Waals surface area contributed by atoms with Crippen LogP contribution < -0.4 is 5.73 Å². The Kier molecular flexibility index (Phi) is 3.17. The number of rotatable bonds is 3. The molecule has 0 saturated carbocycles. The molecule has 64 valence electrons. The van der Waals surface area contributed by atoms with Gasteiger partial charge in [0, 0.05) is 22.4 Å². The van der Waals surface area contributed by atoms with Gasteiger partial charge in [-0.3, -0.25) is 0 Å². The highest BCUT2D eigenvalue weighted by Gasteiger charge is 1.97. The molecule has 0 radical (unpaired) electrons. The van der Waals surface area contributed by atoms with E-state index in [1.807, 2.05) is 18.2 Å². The van der Waals surface area contributed by atoms with E-state index in [1.54, 1.807) is 11.8 Å². The van der Waals surface area contributed by atoms with Crippen LogP contribution in [0.4, 0.5) is 5.69 Å². The monoisotopic (exact) mass is 180 g/mol. The van der Waals surface area contributed by atoms with Gasteiger partial charge in [0.25, 0.3) is 0 Å². The Morgan fingerprint density at radius 1 is 1.58 bits per heavy atom. The molecule has 3 N–H and O–H groups in total. The van der Waals surface area contributed by atoms with Crippen LogP contribution in [0, 0.1) is 5.41 Å². The summed E-state index contributed by atoms with van der Waals surface area (Å²) in [5.74, 6) is 1.04. The van der Waals surface area contributed by atoms with E-state index in [0.29, 0.717) is 5.69 Å². The average molecular weight is 180 g/mol. The molecule has 2 nitrogen and oxygen atoms in total. The smallest absolute Gasteiger partial charge is 0.0403 e. The first-order valence-corrected chi connectivity index (χ1v) is 4.79. The summed E-state index contributed by atoms with van der Waals surface area (Å²) < 4.78 is 0. The van der Waals surface area contributed by atoms with Gasteiger partial charge in [-0.05, 0) is 24.0 Å². The molecule has 1 rings (SSSR count). The minimum atomic E-state index is 0.672. The van der Waals surface area contributed by atoms with E-state index >= 15 is 0 Å². The van der Waals surface area contributed by atoms with Crippen LogP contribution in [0.25, 0.3) is 0 Å². The Bertz CT molecular complexity index is 284. The number of hydrogen-bond donors (Lipinski definition) is 2. The highest BCUT2D eigenvalue weighted by molar-refractivity contribution is 7.99. The Morgan fingerprint density at radius 2 is 2.33 bits per heavy atom. The fraction of sp³-hybridized carbons (Fsp3) is 0.222. The molecule has 0 unspecified atom stereocenters. The van der Waals surface area contributed by atoms with Gasteiger partial charge in [0.2, 0.25) is 0 Å². The Hall–Kier alpha value is -0.960. The summed E-state index contributed by atoms with van der Waals surface area (Å²) >= 11 is 1.75. The lowest BCUT2D eigenvalue weighted by atomic mass is 10.2. The zero-order valence-electron chi connectivity index (χ0n) is 7.00. The summed E-state index contributed by atoms with van der Waals surface area (Å²) in [6, 6.07) is 5.77. The second kappa shape index (κ2) is 4.16. The lowest BCUT2D eigenvalue weighted by Crippen LogP contribution is -1.92. The van der Waals surface area contributed by atoms with Gasteiger partial charge in [0.15, 0.2) is 0 Å². The third-order valence-electron chi connectivity index (χ3n) is 1.52. The number of thioether (sulfide) groups is 1. The van der Waals surface area contributed by atoms with E-state index in [2.05, 4.69) is 6.92 Å². The van der Waals surface area contributed by atoms with Crippen LogP contribution in [0.2, 0.25) is 0 Å². The molecule has 0 atom stereocenters. The maximum absolute atomic E-state index is 7.10. The number of nitrogens with one attached hydrogen (secondary N) is 1. The molecule has 0 heterocycles. The van der Waals surface area contributed by atoms with Gasteiger partial charge < -0.3 is 11.1 Å². The predicted octanol–water partition coefficient (Wildman–Crippen LogP) is 2.38. The minimum Gasteiger partial charge on any atom is -0.398 e. The van der Waals surface area contributed by atoms with Crippen LogP contribution in [0.5, 0.6) is 0 Å². The van der Waals surface area contributed by atoms with Crippen molar-refractivity contribution in [2.45, 2.75) is 11.8 Å². The summed E-state index contributed by atoms with van der Waals surface area (Å²) in [5, 5.41) is 7.10. The zero-order valence-corrected chi connectivity index (χ0v) is 7.82. The highest BCUT2D eigenvalue weighted by Crippen LogP contribution is 2.21. The molecule has 0 aliphatic heterocycles. The van der Waals surface area contributed by atoms with E-state index in [9.17, 15) is 0 Å². The second-order valence-electron chi connectivity index (χ2n) is 2.37. The van der Waals surface area contributed by atoms with Crippen molar-refractivity contribution in [2.24, 2.45) is 0 Å². The largest absolute Gasteiger partial charge is 0.398 e. The van der Waals surface area contributed by atoms with Crippen molar-refractivity contribution in [2.75, 3.05) is 11.5 Å². The van der Waals surface area contributed by atoms with E-state index in [0.717, 1.165) is 11.3 Å². The van der Waals surface area contributed by atoms with Crippen LogP contribution in [0.15, 0.2) is 23.1 Å². The predicted molar refractivity (Wildman–Crippen MR) is 55.1 cm³/mol. The first-order valence-electron chi connectivity index (χ1n) is 3.80. The summed E-state index contributed by atoms with van der Waals surface area (Å²) in [6.45, 7) is 2.10. The summed E-state index contributed by atoms with van der Waals surface area (Å²) in [7, 11) is 0. The van der Waals surface area contributed by atoms with E-state index < -0.39 is 0 Å². The lowest BCUT2D eigenvalue weighted by Gasteiger charge is -2.02. The molecule has 0 amide bonds. The fourth-order valence-electron chi connectivity index (χ4n) is 0.934. The van der Waals surface area contributed by atoms with Crippen LogP contribution in [-0.2, 0) is 0 Å². The molecule has 0 aromatic heterocycles. The normalized spacial score (nSPS) is 9.75. The summed E-state index contributed by atoms with van der Waals surface area (Å²) in [4.78, 5) is 1.17. The first-order chi connectivity index (χ1) is 5.77. The van der Waals surface area contributed by atoms with Crippen LogP contribution in [0.3, 0.4) is 0 Å². The van der Waals surface area contributed by atoms with Gasteiger partial charge >= 0.3 is 0 Å². The first kappa shape index (κ1) is 9.13.